The molecule has 1 aliphatic rings. The number of fused-ring (bicyclic) bond motifs is 1. The molecule has 0 radical (unpaired) electrons. The van der Waals surface area contributed by atoms with Crippen molar-refractivity contribution in [3.8, 4) is 11.5 Å². The van der Waals surface area contributed by atoms with E-state index in [9.17, 15) is 13.2 Å². The first-order chi connectivity index (χ1) is 10.9. The third kappa shape index (κ3) is 3.62. The molecule has 2 aromatic rings. The summed E-state index contributed by atoms with van der Waals surface area (Å²) in [7, 11) is -3.23. The lowest BCUT2D eigenvalue weighted by Crippen LogP contribution is -2.14. The third-order valence-corrected chi connectivity index (χ3v) is 4.50. The highest BCUT2D eigenvalue weighted by molar-refractivity contribution is 7.90. The fourth-order valence-corrected chi connectivity index (χ4v) is 2.85. The number of benzene rings is 2. The number of hydrogen-bond acceptors (Lipinski definition) is 5. The van der Waals surface area contributed by atoms with Crippen molar-refractivity contribution >= 4 is 21.4 Å². The number of sulfone groups is 1. The Labute approximate surface area is 134 Å². The van der Waals surface area contributed by atoms with E-state index in [0.717, 1.165) is 11.8 Å². The summed E-state index contributed by atoms with van der Waals surface area (Å²) < 4.78 is 33.3. The Balaban J connectivity index is 1.65. The molecule has 1 aliphatic heterocycles. The second-order valence-corrected chi connectivity index (χ2v) is 7.22. The SMILES string of the molecule is CS(=O)(=O)c1ccc(CC(=O)Nc2ccc3c(c2)OCO3)cc1. The number of carbonyl (C=O) groups excluding carboxylic acids is 1. The highest BCUT2D eigenvalue weighted by atomic mass is 32.2. The van der Waals surface area contributed by atoms with Gasteiger partial charge >= 0.3 is 0 Å². The Bertz CT molecular complexity index is 843. The molecule has 0 atom stereocenters. The Kier molecular flexibility index (Phi) is 3.96. The second-order valence-electron chi connectivity index (χ2n) is 5.21. The van der Waals surface area contributed by atoms with Crippen LogP contribution >= 0.6 is 0 Å². The van der Waals surface area contributed by atoms with Crippen LogP contribution in [0.1, 0.15) is 5.56 Å². The molecule has 0 unspecified atom stereocenters. The molecular weight excluding hydrogens is 318 g/mol. The van der Waals surface area contributed by atoms with Gasteiger partial charge in [-0.3, -0.25) is 4.79 Å². The van der Waals surface area contributed by atoms with Gasteiger partial charge in [0.1, 0.15) is 0 Å². The lowest BCUT2D eigenvalue weighted by Gasteiger charge is -2.07. The summed E-state index contributed by atoms with van der Waals surface area (Å²) in [5.74, 6) is 1.05. The van der Waals surface area contributed by atoms with Crippen LogP contribution in [0.4, 0.5) is 5.69 Å². The van der Waals surface area contributed by atoms with Gasteiger partial charge in [0.2, 0.25) is 12.7 Å². The maximum atomic E-state index is 12.1. The molecular formula is C16H15NO5S. The molecule has 2 aromatic carbocycles. The molecule has 0 bridgehead atoms. The fourth-order valence-electron chi connectivity index (χ4n) is 2.22. The fraction of sp³-hybridized carbons (Fsp3) is 0.188. The van der Waals surface area contributed by atoms with E-state index in [1.807, 2.05) is 0 Å². The summed E-state index contributed by atoms with van der Waals surface area (Å²) in [6.07, 6.45) is 1.30. The zero-order valence-electron chi connectivity index (χ0n) is 12.4. The molecule has 6 nitrogen and oxygen atoms in total. The van der Waals surface area contributed by atoms with Crippen LogP contribution in [0.5, 0.6) is 11.5 Å². The van der Waals surface area contributed by atoms with Gasteiger partial charge < -0.3 is 14.8 Å². The van der Waals surface area contributed by atoms with Crippen molar-refractivity contribution in [2.75, 3.05) is 18.4 Å². The molecule has 23 heavy (non-hydrogen) atoms. The van der Waals surface area contributed by atoms with Gasteiger partial charge in [-0.2, -0.15) is 0 Å². The summed E-state index contributed by atoms with van der Waals surface area (Å²) in [6, 6.07) is 11.4. The van der Waals surface area contributed by atoms with Crippen molar-refractivity contribution in [3.05, 3.63) is 48.0 Å². The van der Waals surface area contributed by atoms with Crippen LogP contribution in [0.25, 0.3) is 0 Å². The zero-order valence-corrected chi connectivity index (χ0v) is 13.2. The van der Waals surface area contributed by atoms with Gasteiger partial charge in [0.05, 0.1) is 11.3 Å². The van der Waals surface area contributed by atoms with Crippen molar-refractivity contribution in [1.29, 1.82) is 0 Å². The van der Waals surface area contributed by atoms with E-state index in [0.29, 0.717) is 17.2 Å². The van der Waals surface area contributed by atoms with Crippen molar-refractivity contribution in [1.82, 2.24) is 0 Å². The average Bonchev–Trinajstić information content (AvgIpc) is 2.94. The van der Waals surface area contributed by atoms with E-state index < -0.39 is 9.84 Å². The molecule has 7 heteroatoms. The molecule has 1 amide bonds. The first-order valence-corrected chi connectivity index (χ1v) is 8.79. The van der Waals surface area contributed by atoms with Gasteiger partial charge in [-0.25, -0.2) is 8.42 Å². The quantitative estimate of drug-likeness (QED) is 0.925. The second kappa shape index (κ2) is 5.92. The molecule has 120 valence electrons. The van der Waals surface area contributed by atoms with Gasteiger partial charge in [-0.05, 0) is 29.8 Å². The summed E-state index contributed by atoms with van der Waals surface area (Å²) in [4.78, 5) is 12.3. The lowest BCUT2D eigenvalue weighted by molar-refractivity contribution is -0.115. The highest BCUT2D eigenvalue weighted by Crippen LogP contribution is 2.34. The molecule has 3 rings (SSSR count). The minimum atomic E-state index is -3.23. The standard InChI is InChI=1S/C16H15NO5S/c1-23(19,20)13-5-2-11(3-6-13)8-16(18)17-12-4-7-14-15(9-12)22-10-21-14/h2-7,9H,8,10H2,1H3,(H,17,18). The predicted molar refractivity (Wildman–Crippen MR) is 84.5 cm³/mol. The predicted octanol–water partition coefficient (Wildman–Crippen LogP) is 2.00. The topological polar surface area (TPSA) is 81.7 Å². The first-order valence-electron chi connectivity index (χ1n) is 6.90. The van der Waals surface area contributed by atoms with Crippen LogP contribution in [-0.4, -0.2) is 27.4 Å². The maximum Gasteiger partial charge on any atom is 0.231 e. The summed E-state index contributed by atoms with van der Waals surface area (Å²) in [5, 5.41) is 2.77. The number of rotatable bonds is 4. The largest absolute Gasteiger partial charge is 0.454 e. The normalized spacial score (nSPS) is 12.9. The van der Waals surface area contributed by atoms with Gasteiger partial charge in [0, 0.05) is 18.0 Å². The number of ether oxygens (including phenoxy) is 2. The zero-order chi connectivity index (χ0) is 16.4. The number of nitrogens with one attached hydrogen (secondary N) is 1. The lowest BCUT2D eigenvalue weighted by atomic mass is 10.1. The Morgan fingerprint density at radius 2 is 1.78 bits per heavy atom. The third-order valence-electron chi connectivity index (χ3n) is 3.37. The molecule has 0 saturated carbocycles. The number of anilines is 1. The van der Waals surface area contributed by atoms with E-state index in [1.54, 1.807) is 30.3 Å². The van der Waals surface area contributed by atoms with Crippen LogP contribution in [0.3, 0.4) is 0 Å². The van der Waals surface area contributed by atoms with Crippen molar-refractivity contribution in [3.63, 3.8) is 0 Å². The molecule has 0 aromatic heterocycles. The van der Waals surface area contributed by atoms with E-state index in [-0.39, 0.29) is 24.0 Å². The van der Waals surface area contributed by atoms with E-state index in [1.165, 1.54) is 12.1 Å². The van der Waals surface area contributed by atoms with Crippen LogP contribution in [-0.2, 0) is 21.1 Å². The van der Waals surface area contributed by atoms with Gasteiger partial charge in [-0.15, -0.1) is 0 Å². The average molecular weight is 333 g/mol. The molecule has 0 saturated heterocycles. The highest BCUT2D eigenvalue weighted by Gasteiger charge is 2.14. The summed E-state index contributed by atoms with van der Waals surface area (Å²) in [5.41, 5.74) is 1.35. The Hall–Kier alpha value is -2.54. The van der Waals surface area contributed by atoms with E-state index in [4.69, 9.17) is 9.47 Å². The van der Waals surface area contributed by atoms with Crippen LogP contribution in [0.15, 0.2) is 47.4 Å². The molecule has 1 N–H and O–H groups in total. The number of carbonyl (C=O) groups is 1. The van der Waals surface area contributed by atoms with Gasteiger partial charge in [-0.1, -0.05) is 12.1 Å². The van der Waals surface area contributed by atoms with Crippen molar-refractivity contribution in [2.24, 2.45) is 0 Å². The minimum absolute atomic E-state index is 0.151. The van der Waals surface area contributed by atoms with Crippen LogP contribution < -0.4 is 14.8 Å². The van der Waals surface area contributed by atoms with Crippen LogP contribution in [0, 0.1) is 0 Å². The van der Waals surface area contributed by atoms with Gasteiger partial charge in [0.25, 0.3) is 0 Å². The van der Waals surface area contributed by atoms with E-state index >= 15 is 0 Å². The minimum Gasteiger partial charge on any atom is -0.454 e. The molecule has 0 aliphatic carbocycles. The molecule has 0 fully saturated rings. The number of amides is 1. The summed E-state index contributed by atoms with van der Waals surface area (Å²) in [6.45, 7) is 0.180. The van der Waals surface area contributed by atoms with Crippen molar-refractivity contribution < 1.29 is 22.7 Å². The summed E-state index contributed by atoms with van der Waals surface area (Å²) >= 11 is 0. The first kappa shape index (κ1) is 15.4. The smallest absolute Gasteiger partial charge is 0.231 e. The Morgan fingerprint density at radius 1 is 1.09 bits per heavy atom. The Morgan fingerprint density at radius 3 is 2.48 bits per heavy atom. The van der Waals surface area contributed by atoms with Crippen molar-refractivity contribution in [2.45, 2.75) is 11.3 Å². The molecule has 0 spiro atoms. The molecule has 1 heterocycles. The van der Waals surface area contributed by atoms with E-state index in [2.05, 4.69) is 5.32 Å². The van der Waals surface area contributed by atoms with Gasteiger partial charge in [0.15, 0.2) is 21.3 Å². The maximum absolute atomic E-state index is 12.1. The monoisotopic (exact) mass is 333 g/mol. The van der Waals surface area contributed by atoms with Crippen LogP contribution in [0.2, 0.25) is 0 Å². The number of hydrogen-bond donors (Lipinski definition) is 1.